The molecule has 16 heavy (non-hydrogen) atoms. The van der Waals surface area contributed by atoms with Crippen LogP contribution in [-0.4, -0.2) is 37.2 Å². The van der Waals surface area contributed by atoms with E-state index in [-0.39, 0.29) is 30.0 Å². The Bertz CT molecular complexity index is 435. The molecule has 4 nitrogen and oxygen atoms in total. The van der Waals surface area contributed by atoms with Crippen LogP contribution in [0.3, 0.4) is 0 Å². The highest BCUT2D eigenvalue weighted by Crippen LogP contribution is 2.10. The van der Waals surface area contributed by atoms with Gasteiger partial charge in [0.1, 0.15) is 23.6 Å². The van der Waals surface area contributed by atoms with Crippen molar-refractivity contribution in [3.05, 3.63) is 30.3 Å². The molecule has 1 aliphatic rings. The Morgan fingerprint density at radius 3 is 2.31 bits per heavy atom. The lowest BCUT2D eigenvalue weighted by atomic mass is 10.2. The standard InChI is InChI=1S/C10H13NO3S.ClH/c12-10-7-15(13,14)6-9(10)11-8-4-2-1-3-5-8;/h1-5,9-12H,6-7H2;1H. The van der Waals surface area contributed by atoms with E-state index in [0.29, 0.717) is 0 Å². The van der Waals surface area contributed by atoms with Gasteiger partial charge in [-0.1, -0.05) is 18.2 Å². The molecule has 90 valence electrons. The first-order valence-electron chi connectivity index (χ1n) is 4.85. The lowest BCUT2D eigenvalue weighted by molar-refractivity contribution is -0.613. The maximum absolute atomic E-state index is 11.3. The van der Waals surface area contributed by atoms with E-state index in [4.69, 9.17) is 0 Å². The highest BCUT2D eigenvalue weighted by molar-refractivity contribution is 7.91. The van der Waals surface area contributed by atoms with Gasteiger partial charge in [-0.05, 0) is 12.1 Å². The summed E-state index contributed by atoms with van der Waals surface area (Å²) in [6.45, 7) is 0. The molecule has 0 bridgehead atoms. The van der Waals surface area contributed by atoms with Gasteiger partial charge in [0, 0.05) is 0 Å². The van der Waals surface area contributed by atoms with Crippen molar-refractivity contribution in [1.82, 2.24) is 0 Å². The van der Waals surface area contributed by atoms with Gasteiger partial charge in [-0.3, -0.25) is 0 Å². The fourth-order valence-corrected chi connectivity index (χ4v) is 3.64. The number of hydrogen-bond acceptors (Lipinski definition) is 3. The summed E-state index contributed by atoms with van der Waals surface area (Å²) in [5, 5.41) is 11.4. The van der Waals surface area contributed by atoms with E-state index in [1.54, 1.807) is 0 Å². The third-order valence-electron chi connectivity index (χ3n) is 2.57. The zero-order valence-electron chi connectivity index (χ0n) is 8.58. The van der Waals surface area contributed by atoms with Crippen LogP contribution in [0.25, 0.3) is 0 Å². The number of rotatable bonds is 2. The Kier molecular flexibility index (Phi) is 4.32. The average Bonchev–Trinajstić information content (AvgIpc) is 2.41. The highest BCUT2D eigenvalue weighted by atomic mass is 35.5. The molecule has 6 heteroatoms. The molecule has 2 atom stereocenters. The Balaban J connectivity index is 0.00000128. The van der Waals surface area contributed by atoms with E-state index in [9.17, 15) is 13.5 Å². The number of halogens is 1. The van der Waals surface area contributed by atoms with Crippen LogP contribution in [0.15, 0.2) is 30.3 Å². The minimum Gasteiger partial charge on any atom is -1.00 e. The maximum atomic E-state index is 11.3. The smallest absolute Gasteiger partial charge is 0.159 e. The highest BCUT2D eigenvalue weighted by Gasteiger charge is 2.39. The van der Waals surface area contributed by atoms with Crippen molar-refractivity contribution in [2.45, 2.75) is 12.1 Å². The zero-order valence-corrected chi connectivity index (χ0v) is 10.2. The molecule has 0 saturated carbocycles. The third kappa shape index (κ3) is 3.18. The third-order valence-corrected chi connectivity index (χ3v) is 4.31. The summed E-state index contributed by atoms with van der Waals surface area (Å²) in [5.41, 5.74) is 0.957. The van der Waals surface area contributed by atoms with E-state index < -0.39 is 15.9 Å². The first-order valence-corrected chi connectivity index (χ1v) is 6.67. The summed E-state index contributed by atoms with van der Waals surface area (Å²) in [6.07, 6.45) is -0.754. The van der Waals surface area contributed by atoms with Gasteiger partial charge in [0.25, 0.3) is 0 Å². The van der Waals surface area contributed by atoms with E-state index >= 15 is 0 Å². The lowest BCUT2D eigenvalue weighted by Gasteiger charge is -2.10. The average molecular weight is 264 g/mol. The van der Waals surface area contributed by atoms with Crippen molar-refractivity contribution >= 4 is 15.5 Å². The summed E-state index contributed by atoms with van der Waals surface area (Å²) < 4.78 is 22.5. The molecular formula is C10H14ClNO3S. The van der Waals surface area contributed by atoms with Crippen molar-refractivity contribution in [3.63, 3.8) is 0 Å². The topological polar surface area (TPSA) is 71.0 Å². The first-order chi connectivity index (χ1) is 7.07. The van der Waals surface area contributed by atoms with Crippen LogP contribution in [0.5, 0.6) is 0 Å². The number of nitrogens with two attached hydrogens (primary N) is 1. The van der Waals surface area contributed by atoms with Crippen LogP contribution in [0.4, 0.5) is 5.69 Å². The van der Waals surface area contributed by atoms with Gasteiger partial charge >= 0.3 is 0 Å². The predicted octanol–water partition coefficient (Wildman–Crippen LogP) is -3.96. The molecule has 0 spiro atoms. The minimum absolute atomic E-state index is 0. The number of quaternary nitrogens is 1. The molecule has 2 rings (SSSR count). The second-order valence-electron chi connectivity index (χ2n) is 3.89. The fraction of sp³-hybridized carbons (Fsp3) is 0.400. The second kappa shape index (κ2) is 5.14. The molecule has 1 fully saturated rings. The minimum atomic E-state index is -3.05. The molecule has 3 N–H and O–H groups in total. The molecule has 2 unspecified atom stereocenters. The van der Waals surface area contributed by atoms with E-state index in [1.807, 2.05) is 35.6 Å². The van der Waals surface area contributed by atoms with E-state index in [1.165, 1.54) is 0 Å². The number of para-hydroxylation sites is 1. The molecule has 1 aromatic carbocycles. The van der Waals surface area contributed by atoms with Gasteiger partial charge in [0.05, 0.1) is 5.75 Å². The van der Waals surface area contributed by atoms with E-state index in [2.05, 4.69) is 0 Å². The van der Waals surface area contributed by atoms with Crippen molar-refractivity contribution < 1.29 is 31.2 Å². The summed E-state index contributed by atoms with van der Waals surface area (Å²) in [4.78, 5) is 0. The molecule has 0 aliphatic carbocycles. The lowest BCUT2D eigenvalue weighted by Crippen LogP contribution is -3.00. The van der Waals surface area contributed by atoms with Gasteiger partial charge in [-0.25, -0.2) is 8.42 Å². The molecule has 0 aromatic heterocycles. The van der Waals surface area contributed by atoms with Crippen LogP contribution >= 0.6 is 0 Å². The van der Waals surface area contributed by atoms with Crippen molar-refractivity contribution in [1.29, 1.82) is 0 Å². The Labute approximate surface area is 101 Å². The van der Waals surface area contributed by atoms with E-state index in [0.717, 1.165) is 5.69 Å². The van der Waals surface area contributed by atoms with Crippen molar-refractivity contribution in [3.8, 4) is 0 Å². The quantitative estimate of drug-likeness (QED) is 0.535. The molecule has 1 aliphatic heterocycles. The van der Waals surface area contributed by atoms with Crippen LogP contribution in [0.2, 0.25) is 0 Å². The number of sulfone groups is 1. The summed E-state index contributed by atoms with van der Waals surface area (Å²) >= 11 is 0. The molecular weight excluding hydrogens is 250 g/mol. The van der Waals surface area contributed by atoms with Gasteiger partial charge in [-0.15, -0.1) is 0 Å². The fourth-order valence-electron chi connectivity index (χ4n) is 1.83. The van der Waals surface area contributed by atoms with Crippen LogP contribution in [0.1, 0.15) is 0 Å². The van der Waals surface area contributed by atoms with Gasteiger partial charge < -0.3 is 22.8 Å². The zero-order chi connectivity index (χ0) is 10.9. The molecule has 1 aromatic rings. The molecule has 1 heterocycles. The first kappa shape index (κ1) is 13.4. The summed E-state index contributed by atoms with van der Waals surface area (Å²) in [7, 11) is -3.05. The summed E-state index contributed by atoms with van der Waals surface area (Å²) in [5.74, 6) is -0.0515. The van der Waals surface area contributed by atoms with Crippen LogP contribution in [-0.2, 0) is 9.84 Å². The Morgan fingerprint density at radius 2 is 1.81 bits per heavy atom. The van der Waals surface area contributed by atoms with Crippen molar-refractivity contribution in [2.24, 2.45) is 0 Å². The van der Waals surface area contributed by atoms with Gasteiger partial charge in [0.2, 0.25) is 0 Å². The maximum Gasteiger partial charge on any atom is 0.159 e. The monoisotopic (exact) mass is 263 g/mol. The Morgan fingerprint density at radius 1 is 1.19 bits per heavy atom. The van der Waals surface area contributed by atoms with Crippen LogP contribution in [0, 0.1) is 0 Å². The molecule has 1 saturated heterocycles. The van der Waals surface area contributed by atoms with Crippen molar-refractivity contribution in [2.75, 3.05) is 11.5 Å². The molecule has 0 radical (unpaired) electrons. The number of benzene rings is 1. The SMILES string of the molecule is O=S1(=O)CC(O)C([NH2+]c2ccccc2)C1.[Cl-]. The predicted molar refractivity (Wildman–Crippen MR) is 56.5 cm³/mol. The second-order valence-corrected chi connectivity index (χ2v) is 6.04. The van der Waals surface area contributed by atoms with Gasteiger partial charge in [0.15, 0.2) is 9.84 Å². The van der Waals surface area contributed by atoms with Gasteiger partial charge in [-0.2, -0.15) is 0 Å². The molecule has 0 amide bonds. The Hall–Kier alpha value is -0.620. The number of aliphatic hydroxyl groups excluding tert-OH is 1. The number of aliphatic hydroxyl groups is 1. The number of hydrogen-bond donors (Lipinski definition) is 2. The van der Waals surface area contributed by atoms with Crippen LogP contribution < -0.4 is 17.7 Å². The normalized spacial score (nSPS) is 27.3. The largest absolute Gasteiger partial charge is 1.00 e. The summed E-state index contributed by atoms with van der Waals surface area (Å²) in [6, 6.07) is 9.22.